The molecule has 1 heterocycles. The zero-order valence-electron chi connectivity index (χ0n) is 17.4. The molecule has 168 valence electrons. The van der Waals surface area contributed by atoms with Crippen LogP contribution >= 0.6 is 11.6 Å². The van der Waals surface area contributed by atoms with Gasteiger partial charge in [0.2, 0.25) is 15.9 Å². The molecule has 0 aliphatic carbocycles. The Morgan fingerprint density at radius 3 is 2.68 bits per heavy atom. The van der Waals surface area contributed by atoms with Gasteiger partial charge in [-0.05, 0) is 61.2 Å². The lowest BCUT2D eigenvalue weighted by Crippen LogP contribution is -2.42. The molecule has 1 aliphatic heterocycles. The second-order valence-corrected chi connectivity index (χ2v) is 10.1. The second kappa shape index (κ2) is 10.6. The number of amides is 1. The first-order chi connectivity index (χ1) is 14.7. The summed E-state index contributed by atoms with van der Waals surface area (Å²) in [4.78, 5) is 12.5. The summed E-state index contributed by atoms with van der Waals surface area (Å²) in [5.41, 5.74) is 2.50. The fourth-order valence-electron chi connectivity index (χ4n) is 3.68. The molecule has 0 unspecified atom stereocenters. The number of halogens is 1. The van der Waals surface area contributed by atoms with Gasteiger partial charge in [0.1, 0.15) is 6.04 Å². The number of rotatable bonds is 9. The molecule has 0 aromatic heterocycles. The quantitative estimate of drug-likeness (QED) is 0.494. The van der Waals surface area contributed by atoms with Gasteiger partial charge in [-0.15, -0.1) is 0 Å². The summed E-state index contributed by atoms with van der Waals surface area (Å²) in [7, 11) is -3.39. The van der Waals surface area contributed by atoms with Gasteiger partial charge < -0.3 is 15.7 Å². The normalized spacial score (nSPS) is 18.1. The molecule has 3 N–H and O–H groups in total. The predicted octanol–water partition coefficient (Wildman–Crippen LogP) is 2.57. The number of carbonyl (C=O) groups excluding carboxylic acids is 1. The molecular weight excluding hydrogens is 438 g/mol. The van der Waals surface area contributed by atoms with E-state index in [1.807, 2.05) is 36.4 Å². The first-order valence-electron chi connectivity index (χ1n) is 10.2. The van der Waals surface area contributed by atoms with Crippen LogP contribution in [0.25, 0.3) is 0 Å². The molecule has 1 saturated heterocycles. The third-order valence-electron chi connectivity index (χ3n) is 5.32. The van der Waals surface area contributed by atoms with E-state index in [1.165, 1.54) is 4.31 Å². The van der Waals surface area contributed by atoms with Crippen molar-refractivity contribution in [1.29, 1.82) is 0 Å². The van der Waals surface area contributed by atoms with Gasteiger partial charge in [0.15, 0.2) is 0 Å². The van der Waals surface area contributed by atoms with Crippen LogP contribution in [0, 0.1) is 0 Å². The molecule has 1 amide bonds. The molecule has 0 saturated carbocycles. The van der Waals surface area contributed by atoms with Crippen molar-refractivity contribution in [3.8, 4) is 0 Å². The summed E-state index contributed by atoms with van der Waals surface area (Å²) in [6.45, 7) is 1.50. The molecule has 1 aliphatic rings. The summed E-state index contributed by atoms with van der Waals surface area (Å²) >= 11 is 5.95. The molecule has 1 fully saturated rings. The van der Waals surface area contributed by atoms with Gasteiger partial charge in [-0.1, -0.05) is 35.9 Å². The number of benzene rings is 2. The maximum Gasteiger partial charge on any atom is 0.242 e. The van der Waals surface area contributed by atoms with Gasteiger partial charge in [0, 0.05) is 23.8 Å². The van der Waals surface area contributed by atoms with Crippen LogP contribution in [0.5, 0.6) is 0 Å². The lowest BCUT2D eigenvalue weighted by molar-refractivity contribution is -0.119. The van der Waals surface area contributed by atoms with Crippen LogP contribution in [0.15, 0.2) is 48.5 Å². The van der Waals surface area contributed by atoms with E-state index < -0.39 is 22.2 Å². The Bertz CT molecular complexity index is 998. The zero-order valence-corrected chi connectivity index (χ0v) is 19.0. The van der Waals surface area contributed by atoms with E-state index in [4.69, 9.17) is 11.6 Å². The van der Waals surface area contributed by atoms with Crippen molar-refractivity contribution in [2.24, 2.45) is 0 Å². The number of hydrogen-bond acceptors (Lipinski definition) is 5. The van der Waals surface area contributed by atoms with Crippen molar-refractivity contribution in [1.82, 2.24) is 9.62 Å². The van der Waals surface area contributed by atoms with Gasteiger partial charge in [0.05, 0.1) is 12.4 Å². The standard InChI is InChI=1S/C22H28ClN3O4S/c1-31(29,30)26-13-3-6-20(26)22(28)25-19-9-7-16(8-10-19)11-12-24-15-21(27)17-4-2-5-18(23)14-17/h2,4-5,7-10,14,20-21,24,27H,3,6,11-13,15H2,1H3,(H,25,28)/t20-,21-/m0/s1. The Morgan fingerprint density at radius 1 is 1.26 bits per heavy atom. The third-order valence-corrected chi connectivity index (χ3v) is 6.84. The van der Waals surface area contributed by atoms with Gasteiger partial charge in [-0.3, -0.25) is 4.79 Å². The molecule has 3 rings (SSSR count). The van der Waals surface area contributed by atoms with E-state index in [-0.39, 0.29) is 5.91 Å². The van der Waals surface area contributed by atoms with Crippen LogP contribution in [-0.4, -0.2) is 55.7 Å². The summed E-state index contributed by atoms with van der Waals surface area (Å²) in [6, 6.07) is 14.0. The van der Waals surface area contributed by atoms with Crippen molar-refractivity contribution < 1.29 is 18.3 Å². The average Bonchev–Trinajstić information content (AvgIpc) is 3.23. The highest BCUT2D eigenvalue weighted by molar-refractivity contribution is 7.88. The number of aliphatic hydroxyl groups excluding tert-OH is 1. The van der Waals surface area contributed by atoms with Crippen molar-refractivity contribution in [2.75, 3.05) is 31.2 Å². The molecule has 2 atom stereocenters. The third kappa shape index (κ3) is 6.75. The average molecular weight is 466 g/mol. The lowest BCUT2D eigenvalue weighted by Gasteiger charge is -2.21. The largest absolute Gasteiger partial charge is 0.387 e. The number of aliphatic hydroxyl groups is 1. The minimum Gasteiger partial charge on any atom is -0.387 e. The van der Waals surface area contributed by atoms with E-state index in [2.05, 4.69) is 10.6 Å². The number of anilines is 1. The Balaban J connectivity index is 1.44. The second-order valence-electron chi connectivity index (χ2n) is 7.74. The maximum absolute atomic E-state index is 12.5. The number of nitrogens with one attached hydrogen (secondary N) is 2. The van der Waals surface area contributed by atoms with E-state index >= 15 is 0 Å². The van der Waals surface area contributed by atoms with E-state index in [0.29, 0.717) is 43.2 Å². The highest BCUT2D eigenvalue weighted by Gasteiger charge is 2.36. The van der Waals surface area contributed by atoms with Crippen LogP contribution in [0.2, 0.25) is 5.02 Å². The number of nitrogens with zero attached hydrogens (tertiary/aromatic N) is 1. The molecule has 0 spiro atoms. The Labute approximate surface area is 188 Å². The van der Waals surface area contributed by atoms with E-state index in [9.17, 15) is 18.3 Å². The first kappa shape index (κ1) is 23.7. The van der Waals surface area contributed by atoms with Gasteiger partial charge in [-0.25, -0.2) is 8.42 Å². The predicted molar refractivity (Wildman–Crippen MR) is 123 cm³/mol. The highest BCUT2D eigenvalue weighted by Crippen LogP contribution is 2.22. The minimum atomic E-state index is -3.39. The van der Waals surface area contributed by atoms with Crippen molar-refractivity contribution in [2.45, 2.75) is 31.4 Å². The van der Waals surface area contributed by atoms with Crippen LogP contribution in [0.3, 0.4) is 0 Å². The molecule has 0 radical (unpaired) electrons. The lowest BCUT2D eigenvalue weighted by atomic mass is 10.1. The number of sulfonamides is 1. The monoisotopic (exact) mass is 465 g/mol. The Hall–Kier alpha value is -1.97. The minimum absolute atomic E-state index is 0.299. The van der Waals surface area contributed by atoms with Gasteiger partial charge in [0.25, 0.3) is 0 Å². The molecule has 2 aromatic rings. The fourth-order valence-corrected chi connectivity index (χ4v) is 5.01. The van der Waals surface area contributed by atoms with Crippen molar-refractivity contribution >= 4 is 33.2 Å². The summed E-state index contributed by atoms with van der Waals surface area (Å²) in [6.07, 6.45) is 2.49. The molecule has 31 heavy (non-hydrogen) atoms. The SMILES string of the molecule is CS(=O)(=O)N1CCC[C@H]1C(=O)Nc1ccc(CCNC[C@H](O)c2cccc(Cl)c2)cc1. The molecule has 7 nitrogen and oxygen atoms in total. The molecular formula is C22H28ClN3O4S. The fraction of sp³-hybridized carbons (Fsp3) is 0.409. The Kier molecular flexibility index (Phi) is 8.07. The summed E-state index contributed by atoms with van der Waals surface area (Å²) in [5.74, 6) is -0.299. The van der Waals surface area contributed by atoms with Gasteiger partial charge >= 0.3 is 0 Å². The number of hydrogen-bond donors (Lipinski definition) is 3. The van der Waals surface area contributed by atoms with Crippen LogP contribution < -0.4 is 10.6 Å². The summed E-state index contributed by atoms with van der Waals surface area (Å²) < 4.78 is 24.9. The highest BCUT2D eigenvalue weighted by atomic mass is 35.5. The van der Waals surface area contributed by atoms with Gasteiger partial charge in [-0.2, -0.15) is 4.31 Å². The zero-order chi connectivity index (χ0) is 22.4. The molecule has 2 aromatic carbocycles. The smallest absolute Gasteiger partial charge is 0.242 e. The van der Waals surface area contributed by atoms with Crippen LogP contribution in [0.1, 0.15) is 30.1 Å². The first-order valence-corrected chi connectivity index (χ1v) is 12.5. The maximum atomic E-state index is 12.5. The topological polar surface area (TPSA) is 98.7 Å². The summed E-state index contributed by atoms with van der Waals surface area (Å²) in [5, 5.41) is 16.9. The van der Waals surface area contributed by atoms with E-state index in [1.54, 1.807) is 12.1 Å². The van der Waals surface area contributed by atoms with Crippen molar-refractivity contribution in [3.63, 3.8) is 0 Å². The molecule has 9 heteroatoms. The van der Waals surface area contributed by atoms with E-state index in [0.717, 1.165) is 23.8 Å². The molecule has 0 bridgehead atoms. The van der Waals surface area contributed by atoms with Crippen LogP contribution in [-0.2, 0) is 21.2 Å². The Morgan fingerprint density at radius 2 is 2.00 bits per heavy atom. The number of carbonyl (C=O) groups is 1. The van der Waals surface area contributed by atoms with Crippen LogP contribution in [0.4, 0.5) is 5.69 Å². The van der Waals surface area contributed by atoms with Crippen molar-refractivity contribution in [3.05, 3.63) is 64.7 Å².